The molecule has 8 heteroatoms. The number of nitro groups is 1. The van der Waals surface area contributed by atoms with Crippen LogP contribution >= 0.6 is 0 Å². The Morgan fingerprint density at radius 1 is 0.800 bits per heavy atom. The molecule has 35 heavy (non-hydrogen) atoms. The van der Waals surface area contributed by atoms with Gasteiger partial charge < -0.3 is 0 Å². The van der Waals surface area contributed by atoms with Crippen LogP contribution in [0.4, 0.5) is 17.1 Å². The third kappa shape index (κ3) is 3.26. The number of amides is 2. The predicted molar refractivity (Wildman–Crippen MR) is 130 cm³/mol. The van der Waals surface area contributed by atoms with Crippen molar-refractivity contribution in [1.29, 1.82) is 0 Å². The second-order valence-corrected chi connectivity index (χ2v) is 8.52. The minimum atomic E-state index is -1.05. The number of para-hydroxylation sites is 1. The van der Waals surface area contributed by atoms with E-state index < -0.39 is 34.8 Å². The molecule has 0 unspecified atom stereocenters. The second-order valence-electron chi connectivity index (χ2n) is 8.52. The van der Waals surface area contributed by atoms with Crippen LogP contribution in [0.25, 0.3) is 10.8 Å². The number of carbonyl (C=O) groups is 2. The van der Waals surface area contributed by atoms with Crippen LogP contribution in [0.5, 0.6) is 0 Å². The molecule has 2 amide bonds. The van der Waals surface area contributed by atoms with Crippen molar-refractivity contribution in [1.82, 2.24) is 0 Å². The van der Waals surface area contributed by atoms with Crippen LogP contribution in [0.3, 0.4) is 0 Å². The first-order chi connectivity index (χ1) is 17.0. The van der Waals surface area contributed by atoms with E-state index in [9.17, 15) is 19.7 Å². The summed E-state index contributed by atoms with van der Waals surface area (Å²) in [5, 5.41) is 14.7. The van der Waals surface area contributed by atoms with Gasteiger partial charge in [0.05, 0.1) is 22.3 Å². The van der Waals surface area contributed by atoms with E-state index in [0.717, 1.165) is 10.8 Å². The molecule has 2 aliphatic heterocycles. The maximum Gasteiger partial charge on any atom is 0.269 e. The van der Waals surface area contributed by atoms with Crippen molar-refractivity contribution in [3.8, 4) is 0 Å². The van der Waals surface area contributed by atoms with Crippen LogP contribution < -0.4 is 9.96 Å². The molecule has 6 rings (SSSR count). The molecule has 0 aliphatic carbocycles. The largest absolute Gasteiger partial charge is 0.273 e. The number of hydrogen-bond donors (Lipinski definition) is 0. The molecule has 0 aromatic heterocycles. The standard InChI is InChI=1S/C27H19N3O5/c31-26-23-24(18-10-6-13-20(16-18)30(33)34)29(19-11-2-1-3-12-19)35-25(23)27(32)28(26)22-15-7-9-17-8-4-5-14-21(17)22/h1-16,23-25H/t23-,24-,25-/m1/s1. The highest BCUT2D eigenvalue weighted by molar-refractivity contribution is 6.26. The zero-order valence-electron chi connectivity index (χ0n) is 18.4. The van der Waals surface area contributed by atoms with Crippen molar-refractivity contribution in [2.75, 3.05) is 9.96 Å². The fourth-order valence-corrected chi connectivity index (χ4v) is 5.02. The topological polar surface area (TPSA) is 93.0 Å². The molecule has 2 saturated heterocycles. The number of rotatable bonds is 4. The number of fused-ring (bicyclic) bond motifs is 2. The Kier molecular flexibility index (Phi) is 4.82. The highest BCUT2D eigenvalue weighted by atomic mass is 16.7. The van der Waals surface area contributed by atoms with Crippen LogP contribution in [-0.2, 0) is 14.4 Å². The quantitative estimate of drug-likeness (QED) is 0.244. The van der Waals surface area contributed by atoms with E-state index in [-0.39, 0.29) is 5.69 Å². The molecule has 4 aromatic carbocycles. The van der Waals surface area contributed by atoms with E-state index in [1.54, 1.807) is 18.2 Å². The van der Waals surface area contributed by atoms with E-state index in [2.05, 4.69) is 0 Å². The summed E-state index contributed by atoms with van der Waals surface area (Å²) in [5.74, 6) is -1.72. The number of carbonyl (C=O) groups excluding carboxylic acids is 2. The highest BCUT2D eigenvalue weighted by Crippen LogP contribution is 2.48. The number of nitro benzene ring substituents is 1. The molecular weight excluding hydrogens is 446 g/mol. The van der Waals surface area contributed by atoms with E-state index in [4.69, 9.17) is 4.84 Å². The SMILES string of the molecule is O=C1[C@@H]2[C@@H](c3cccc([N+](=O)[O-])c3)N(c3ccccc3)O[C@H]2C(=O)N1c1cccc2ccccc12. The van der Waals surface area contributed by atoms with E-state index in [1.807, 2.05) is 66.7 Å². The summed E-state index contributed by atoms with van der Waals surface area (Å²) in [6.07, 6.45) is -1.05. The summed E-state index contributed by atoms with van der Waals surface area (Å²) in [5.41, 5.74) is 1.58. The van der Waals surface area contributed by atoms with Gasteiger partial charge in [0.15, 0.2) is 6.10 Å². The molecule has 3 atom stereocenters. The Bertz CT molecular complexity index is 1480. The summed E-state index contributed by atoms with van der Waals surface area (Å²) >= 11 is 0. The number of imide groups is 1. The lowest BCUT2D eigenvalue weighted by atomic mass is 9.90. The zero-order valence-corrected chi connectivity index (χ0v) is 18.4. The van der Waals surface area contributed by atoms with Gasteiger partial charge in [-0.05, 0) is 29.1 Å². The summed E-state index contributed by atoms with van der Waals surface area (Å²) in [7, 11) is 0. The van der Waals surface area contributed by atoms with Crippen LogP contribution in [0.15, 0.2) is 97.1 Å². The number of nitrogens with zero attached hydrogens (tertiary/aromatic N) is 3. The zero-order chi connectivity index (χ0) is 24.1. The molecule has 0 saturated carbocycles. The van der Waals surface area contributed by atoms with Gasteiger partial charge in [-0.3, -0.25) is 24.5 Å². The lowest BCUT2D eigenvalue weighted by Gasteiger charge is -2.29. The van der Waals surface area contributed by atoms with Crippen molar-refractivity contribution >= 4 is 39.6 Å². The summed E-state index contributed by atoms with van der Waals surface area (Å²) in [6, 6.07) is 27.5. The molecule has 4 aromatic rings. The van der Waals surface area contributed by atoms with Gasteiger partial charge in [0.2, 0.25) is 5.91 Å². The molecule has 0 bridgehead atoms. The monoisotopic (exact) mass is 465 g/mol. The lowest BCUT2D eigenvalue weighted by molar-refractivity contribution is -0.384. The van der Waals surface area contributed by atoms with Gasteiger partial charge in [0.1, 0.15) is 5.92 Å². The molecule has 2 fully saturated rings. The molecule has 0 radical (unpaired) electrons. The van der Waals surface area contributed by atoms with Crippen molar-refractivity contribution in [3.05, 3.63) is 113 Å². The Hall–Kier alpha value is -4.56. The number of benzene rings is 4. The van der Waals surface area contributed by atoms with Gasteiger partial charge in [0, 0.05) is 17.5 Å². The number of anilines is 2. The number of non-ortho nitro benzene ring substituents is 1. The van der Waals surface area contributed by atoms with Gasteiger partial charge in [-0.25, -0.2) is 9.96 Å². The van der Waals surface area contributed by atoms with Gasteiger partial charge in [-0.2, -0.15) is 0 Å². The van der Waals surface area contributed by atoms with Crippen molar-refractivity contribution in [2.45, 2.75) is 12.1 Å². The minimum Gasteiger partial charge on any atom is -0.273 e. The molecule has 2 aliphatic rings. The minimum absolute atomic E-state index is 0.0957. The first-order valence-corrected chi connectivity index (χ1v) is 11.2. The average molecular weight is 465 g/mol. The van der Waals surface area contributed by atoms with Crippen molar-refractivity contribution < 1.29 is 19.3 Å². The first-order valence-electron chi connectivity index (χ1n) is 11.2. The number of hydroxylamine groups is 1. The third-order valence-electron chi connectivity index (χ3n) is 6.56. The highest BCUT2D eigenvalue weighted by Gasteiger charge is 2.60. The summed E-state index contributed by atoms with van der Waals surface area (Å²) < 4.78 is 0. The summed E-state index contributed by atoms with van der Waals surface area (Å²) in [6.45, 7) is 0. The third-order valence-corrected chi connectivity index (χ3v) is 6.56. The van der Waals surface area contributed by atoms with Crippen LogP contribution in [0.2, 0.25) is 0 Å². The smallest absolute Gasteiger partial charge is 0.269 e. The maximum atomic E-state index is 13.9. The lowest BCUT2D eigenvalue weighted by Crippen LogP contribution is -2.37. The van der Waals surface area contributed by atoms with E-state index >= 15 is 0 Å². The Labute approximate surface area is 200 Å². The Balaban J connectivity index is 1.48. The number of hydrogen-bond acceptors (Lipinski definition) is 6. The summed E-state index contributed by atoms with van der Waals surface area (Å²) in [4.78, 5) is 45.8. The van der Waals surface area contributed by atoms with E-state index in [1.165, 1.54) is 22.1 Å². The van der Waals surface area contributed by atoms with Gasteiger partial charge >= 0.3 is 0 Å². The van der Waals surface area contributed by atoms with Gasteiger partial charge in [-0.1, -0.05) is 66.7 Å². The molecule has 0 N–H and O–H groups in total. The van der Waals surface area contributed by atoms with Crippen LogP contribution in [0.1, 0.15) is 11.6 Å². The van der Waals surface area contributed by atoms with E-state index in [0.29, 0.717) is 16.9 Å². The molecule has 2 heterocycles. The van der Waals surface area contributed by atoms with Crippen molar-refractivity contribution in [3.63, 3.8) is 0 Å². The van der Waals surface area contributed by atoms with Gasteiger partial charge in [-0.15, -0.1) is 0 Å². The molecule has 172 valence electrons. The maximum absolute atomic E-state index is 13.9. The molecular formula is C27H19N3O5. The molecule has 0 spiro atoms. The Morgan fingerprint density at radius 3 is 2.31 bits per heavy atom. The average Bonchev–Trinajstić information content (AvgIpc) is 3.40. The van der Waals surface area contributed by atoms with Crippen LogP contribution in [-0.4, -0.2) is 22.8 Å². The molecule has 8 nitrogen and oxygen atoms in total. The van der Waals surface area contributed by atoms with Crippen molar-refractivity contribution in [2.24, 2.45) is 5.92 Å². The first kappa shape index (κ1) is 21.0. The normalized spacial score (nSPS) is 21.5. The van der Waals surface area contributed by atoms with Crippen LogP contribution in [0, 0.1) is 16.0 Å². The Morgan fingerprint density at radius 2 is 1.51 bits per heavy atom. The van der Waals surface area contributed by atoms with Gasteiger partial charge in [0.25, 0.3) is 11.6 Å². The fraction of sp³-hybridized carbons (Fsp3) is 0.111. The second kappa shape index (κ2) is 8.03. The predicted octanol–water partition coefficient (Wildman–Crippen LogP) is 4.80. The fourth-order valence-electron chi connectivity index (χ4n) is 5.02.